The van der Waals surface area contributed by atoms with Gasteiger partial charge in [0.1, 0.15) is 0 Å². The van der Waals surface area contributed by atoms with Crippen LogP contribution < -0.4 is 14.4 Å². The quantitative estimate of drug-likeness (QED) is 0.420. The van der Waals surface area contributed by atoms with Gasteiger partial charge in [0.05, 0.1) is 15.1 Å². The molecule has 1 aromatic heterocycles. The molecule has 2 aromatic carbocycles. The molecule has 1 saturated heterocycles. The second-order valence-electron chi connectivity index (χ2n) is 9.63. The molecule has 11 heteroatoms. The van der Waals surface area contributed by atoms with E-state index in [9.17, 15) is 13.2 Å². The van der Waals surface area contributed by atoms with Gasteiger partial charge in [-0.05, 0) is 57.6 Å². The number of piperidine rings is 1. The Balaban J connectivity index is 1.42. The fourth-order valence-corrected chi connectivity index (χ4v) is 7.53. The SMILES string of the molecule is CCC1CCCCN1S(=O)(=O)c1ccc(C(=O)N(CCN(C)C)c2nc3cc4c(cc3s2)OCO4)cc1. The highest BCUT2D eigenvalue weighted by Crippen LogP contribution is 2.40. The van der Waals surface area contributed by atoms with E-state index in [1.807, 2.05) is 38.1 Å². The van der Waals surface area contributed by atoms with Gasteiger partial charge in [-0.2, -0.15) is 4.31 Å². The Kier molecular flexibility index (Phi) is 7.39. The summed E-state index contributed by atoms with van der Waals surface area (Å²) >= 11 is 1.41. The van der Waals surface area contributed by atoms with Crippen molar-refractivity contribution < 1.29 is 22.7 Å². The maximum absolute atomic E-state index is 13.7. The lowest BCUT2D eigenvalue weighted by atomic mass is 10.0. The summed E-state index contributed by atoms with van der Waals surface area (Å²) in [5.41, 5.74) is 1.15. The zero-order valence-electron chi connectivity index (χ0n) is 21.3. The van der Waals surface area contributed by atoms with Gasteiger partial charge in [-0.25, -0.2) is 13.4 Å². The van der Waals surface area contributed by atoms with Gasteiger partial charge >= 0.3 is 0 Å². The Bertz CT molecular complexity index is 1350. The first-order chi connectivity index (χ1) is 17.8. The highest BCUT2D eigenvalue weighted by molar-refractivity contribution is 7.89. The largest absolute Gasteiger partial charge is 0.454 e. The minimum atomic E-state index is -3.61. The number of hydrogen-bond acceptors (Lipinski definition) is 8. The van der Waals surface area contributed by atoms with E-state index in [0.717, 1.165) is 35.9 Å². The summed E-state index contributed by atoms with van der Waals surface area (Å²) in [6, 6.07) is 10.0. The minimum Gasteiger partial charge on any atom is -0.454 e. The van der Waals surface area contributed by atoms with Gasteiger partial charge in [0, 0.05) is 43.4 Å². The predicted octanol–water partition coefficient (Wildman–Crippen LogP) is 4.19. The Hall–Kier alpha value is -2.73. The molecule has 37 heavy (non-hydrogen) atoms. The monoisotopic (exact) mass is 544 g/mol. The van der Waals surface area contributed by atoms with E-state index in [4.69, 9.17) is 14.5 Å². The molecule has 3 aromatic rings. The Morgan fingerprint density at radius 3 is 2.54 bits per heavy atom. The minimum absolute atomic E-state index is 0.0257. The van der Waals surface area contributed by atoms with Crippen LogP contribution in [0.2, 0.25) is 0 Å². The fourth-order valence-electron chi connectivity index (χ4n) is 4.76. The first kappa shape index (κ1) is 25.9. The summed E-state index contributed by atoms with van der Waals surface area (Å²) in [7, 11) is 0.283. The van der Waals surface area contributed by atoms with E-state index in [0.29, 0.717) is 41.8 Å². The third kappa shape index (κ3) is 5.18. The highest BCUT2D eigenvalue weighted by atomic mass is 32.2. The summed E-state index contributed by atoms with van der Waals surface area (Å²) in [4.78, 5) is 22.3. The van der Waals surface area contributed by atoms with Crippen LogP contribution in [0.15, 0.2) is 41.3 Å². The first-order valence-corrected chi connectivity index (χ1v) is 14.8. The van der Waals surface area contributed by atoms with Gasteiger partial charge in [0.2, 0.25) is 16.8 Å². The molecule has 0 bridgehead atoms. The lowest BCUT2D eigenvalue weighted by Crippen LogP contribution is -2.43. The van der Waals surface area contributed by atoms with Crippen LogP contribution in [0.1, 0.15) is 43.0 Å². The van der Waals surface area contributed by atoms with Crippen LogP contribution in [0, 0.1) is 0 Å². The van der Waals surface area contributed by atoms with E-state index in [1.54, 1.807) is 33.5 Å². The van der Waals surface area contributed by atoms with Crippen LogP contribution in [0.25, 0.3) is 10.2 Å². The molecule has 9 nitrogen and oxygen atoms in total. The van der Waals surface area contributed by atoms with Gasteiger partial charge < -0.3 is 14.4 Å². The molecule has 0 radical (unpaired) electrons. The zero-order chi connectivity index (χ0) is 26.2. The van der Waals surface area contributed by atoms with Crippen LogP contribution in [0.5, 0.6) is 11.5 Å². The van der Waals surface area contributed by atoms with Crippen LogP contribution in [-0.2, 0) is 10.0 Å². The van der Waals surface area contributed by atoms with Crippen molar-refractivity contribution in [2.75, 3.05) is 45.4 Å². The number of thiazole rings is 1. The fraction of sp³-hybridized carbons (Fsp3) is 0.462. The number of likely N-dealkylation sites (N-methyl/N-ethyl adjacent to an activating group) is 1. The maximum atomic E-state index is 13.7. The molecule has 1 amide bonds. The molecule has 0 saturated carbocycles. The van der Waals surface area contributed by atoms with Crippen molar-refractivity contribution in [3.05, 3.63) is 42.0 Å². The number of benzene rings is 2. The van der Waals surface area contributed by atoms with Gasteiger partial charge in [-0.15, -0.1) is 0 Å². The molecule has 5 rings (SSSR count). The van der Waals surface area contributed by atoms with E-state index < -0.39 is 10.0 Å². The standard InChI is InChI=1S/C26H32N4O5S2/c1-4-19-7-5-6-12-30(19)37(32,33)20-10-8-18(9-11-20)25(31)29(14-13-28(2)3)26-27-21-15-22-23(35-17-34-22)16-24(21)36-26/h8-11,15-16,19H,4-7,12-14,17H2,1-3H3. The molecule has 2 aliphatic heterocycles. The molecule has 1 unspecified atom stereocenters. The third-order valence-corrected chi connectivity index (χ3v) is 9.88. The van der Waals surface area contributed by atoms with Crippen molar-refractivity contribution in [3.8, 4) is 11.5 Å². The Labute approximate surface area is 221 Å². The highest BCUT2D eigenvalue weighted by Gasteiger charge is 2.33. The van der Waals surface area contributed by atoms with Crippen molar-refractivity contribution in [2.45, 2.75) is 43.5 Å². The molecule has 198 valence electrons. The van der Waals surface area contributed by atoms with Crippen LogP contribution in [0.3, 0.4) is 0 Å². The van der Waals surface area contributed by atoms with Crippen molar-refractivity contribution in [1.82, 2.24) is 14.2 Å². The topological polar surface area (TPSA) is 92.3 Å². The molecule has 0 spiro atoms. The normalized spacial score (nSPS) is 18.0. The van der Waals surface area contributed by atoms with Gasteiger partial charge in [0.25, 0.3) is 5.91 Å². The second kappa shape index (κ2) is 10.6. The second-order valence-corrected chi connectivity index (χ2v) is 12.5. The summed E-state index contributed by atoms with van der Waals surface area (Å²) in [5, 5.41) is 0.571. The third-order valence-electron chi connectivity index (χ3n) is 6.87. The molecule has 0 aliphatic carbocycles. The van der Waals surface area contributed by atoms with E-state index in [-0.39, 0.29) is 23.6 Å². The molecular weight excluding hydrogens is 512 g/mol. The number of carbonyl (C=O) groups is 1. The van der Waals surface area contributed by atoms with Crippen molar-refractivity contribution in [3.63, 3.8) is 0 Å². The lowest BCUT2D eigenvalue weighted by Gasteiger charge is -2.34. The smallest absolute Gasteiger partial charge is 0.260 e. The van der Waals surface area contributed by atoms with Gasteiger partial charge in [-0.1, -0.05) is 24.7 Å². The number of sulfonamides is 1. The lowest BCUT2D eigenvalue weighted by molar-refractivity contribution is 0.0985. The van der Waals surface area contributed by atoms with Crippen molar-refractivity contribution in [1.29, 1.82) is 0 Å². The molecule has 1 atom stereocenters. The maximum Gasteiger partial charge on any atom is 0.260 e. The van der Waals surface area contributed by atoms with E-state index >= 15 is 0 Å². The van der Waals surface area contributed by atoms with Gasteiger partial charge in [-0.3, -0.25) is 9.69 Å². The Morgan fingerprint density at radius 2 is 1.84 bits per heavy atom. The van der Waals surface area contributed by atoms with E-state index in [2.05, 4.69) is 0 Å². The number of fused-ring (bicyclic) bond motifs is 2. The molecular formula is C26H32N4O5S2. The number of amides is 1. The molecule has 2 aliphatic rings. The first-order valence-electron chi connectivity index (χ1n) is 12.6. The number of aromatic nitrogens is 1. The number of anilines is 1. The molecule has 1 fully saturated rings. The predicted molar refractivity (Wildman–Crippen MR) is 144 cm³/mol. The summed E-state index contributed by atoms with van der Waals surface area (Å²) in [6.45, 7) is 3.83. The number of hydrogen-bond donors (Lipinski definition) is 0. The number of rotatable bonds is 8. The van der Waals surface area contributed by atoms with E-state index in [1.165, 1.54) is 11.3 Å². The Morgan fingerprint density at radius 1 is 1.11 bits per heavy atom. The van der Waals surface area contributed by atoms with Crippen molar-refractivity contribution in [2.24, 2.45) is 0 Å². The molecule has 3 heterocycles. The zero-order valence-corrected chi connectivity index (χ0v) is 23.0. The summed E-state index contributed by atoms with van der Waals surface area (Å²) < 4.78 is 40.2. The van der Waals surface area contributed by atoms with Gasteiger partial charge in [0.15, 0.2) is 16.6 Å². The summed E-state index contributed by atoms with van der Waals surface area (Å²) in [5.74, 6) is 1.09. The average Bonchev–Trinajstić information content (AvgIpc) is 3.53. The average molecular weight is 545 g/mol. The number of nitrogens with zero attached hydrogens (tertiary/aromatic N) is 4. The number of ether oxygens (including phenoxy) is 2. The van der Waals surface area contributed by atoms with Crippen molar-refractivity contribution >= 4 is 42.6 Å². The number of carbonyl (C=O) groups excluding carboxylic acids is 1. The molecule has 0 N–H and O–H groups in total. The van der Waals surface area contributed by atoms with Crippen LogP contribution >= 0.6 is 11.3 Å². The van der Waals surface area contributed by atoms with Crippen LogP contribution in [0.4, 0.5) is 5.13 Å². The van der Waals surface area contributed by atoms with Crippen LogP contribution in [-0.4, -0.2) is 75.1 Å². The summed E-state index contributed by atoms with van der Waals surface area (Å²) in [6.07, 6.45) is 3.60.